The predicted molar refractivity (Wildman–Crippen MR) is 76.7 cm³/mol. The molecule has 6 nitrogen and oxygen atoms in total. The van der Waals surface area contributed by atoms with Crippen LogP contribution in [0.1, 0.15) is 22.8 Å². The Kier molecular flexibility index (Phi) is 4.97. The van der Waals surface area contributed by atoms with E-state index in [2.05, 4.69) is 0 Å². The van der Waals surface area contributed by atoms with Gasteiger partial charge in [-0.2, -0.15) is 4.31 Å². The topological polar surface area (TPSA) is 72.9 Å². The van der Waals surface area contributed by atoms with E-state index in [-0.39, 0.29) is 17.1 Å². The van der Waals surface area contributed by atoms with Gasteiger partial charge in [-0.25, -0.2) is 13.2 Å². The molecule has 0 atom stereocenters. The SMILES string of the molecule is CCOC(=O)c1cc(S(=O)(=O)N2CCOCC2)ccc1C. The molecule has 0 saturated carbocycles. The molecular formula is C14H19NO5S. The smallest absolute Gasteiger partial charge is 0.338 e. The molecule has 7 heteroatoms. The van der Waals surface area contributed by atoms with Gasteiger partial charge in [0.15, 0.2) is 0 Å². The van der Waals surface area contributed by atoms with Crippen LogP contribution in [0.25, 0.3) is 0 Å². The van der Waals surface area contributed by atoms with Crippen molar-refractivity contribution < 1.29 is 22.7 Å². The van der Waals surface area contributed by atoms with Gasteiger partial charge in [-0.3, -0.25) is 0 Å². The molecule has 1 aromatic carbocycles. The van der Waals surface area contributed by atoms with Crippen LogP contribution >= 0.6 is 0 Å². The summed E-state index contributed by atoms with van der Waals surface area (Å²) in [6, 6.07) is 4.53. The molecule has 116 valence electrons. The highest BCUT2D eigenvalue weighted by molar-refractivity contribution is 7.89. The summed E-state index contributed by atoms with van der Waals surface area (Å²) in [5, 5.41) is 0. The van der Waals surface area contributed by atoms with Crippen molar-refractivity contribution in [2.45, 2.75) is 18.7 Å². The molecule has 1 fully saturated rings. The summed E-state index contributed by atoms with van der Waals surface area (Å²) < 4.78 is 36.6. The Morgan fingerprint density at radius 2 is 2.00 bits per heavy atom. The third-order valence-corrected chi connectivity index (χ3v) is 5.21. The van der Waals surface area contributed by atoms with E-state index in [1.54, 1.807) is 19.9 Å². The lowest BCUT2D eigenvalue weighted by atomic mass is 10.1. The zero-order valence-electron chi connectivity index (χ0n) is 12.2. The Morgan fingerprint density at radius 3 is 2.62 bits per heavy atom. The second kappa shape index (κ2) is 6.55. The van der Waals surface area contributed by atoms with Crippen molar-refractivity contribution in [1.82, 2.24) is 4.31 Å². The molecule has 0 unspecified atom stereocenters. The van der Waals surface area contributed by atoms with E-state index < -0.39 is 16.0 Å². The van der Waals surface area contributed by atoms with E-state index >= 15 is 0 Å². The minimum absolute atomic E-state index is 0.109. The van der Waals surface area contributed by atoms with E-state index in [1.165, 1.54) is 16.4 Å². The molecule has 0 spiro atoms. The number of aryl methyl sites for hydroxylation is 1. The fourth-order valence-corrected chi connectivity index (χ4v) is 3.56. The molecule has 1 aromatic rings. The maximum atomic E-state index is 12.5. The Hall–Kier alpha value is -1.44. The van der Waals surface area contributed by atoms with Gasteiger partial charge in [0, 0.05) is 13.1 Å². The van der Waals surface area contributed by atoms with E-state index in [4.69, 9.17) is 9.47 Å². The molecule has 0 aliphatic carbocycles. The molecule has 2 rings (SSSR count). The Labute approximate surface area is 124 Å². The molecule has 0 bridgehead atoms. The van der Waals surface area contributed by atoms with Crippen LogP contribution < -0.4 is 0 Å². The minimum atomic E-state index is -3.60. The highest BCUT2D eigenvalue weighted by atomic mass is 32.2. The van der Waals surface area contributed by atoms with E-state index in [1.807, 2.05) is 0 Å². The van der Waals surface area contributed by atoms with Gasteiger partial charge in [0.2, 0.25) is 10.0 Å². The number of carbonyl (C=O) groups is 1. The zero-order valence-corrected chi connectivity index (χ0v) is 13.0. The van der Waals surface area contributed by atoms with Crippen LogP contribution in [0.3, 0.4) is 0 Å². The summed E-state index contributed by atoms with van der Waals surface area (Å²) in [4.78, 5) is 12.0. The van der Waals surface area contributed by atoms with Crippen LogP contribution in [-0.2, 0) is 19.5 Å². The standard InChI is InChI=1S/C14H19NO5S/c1-3-20-14(16)13-10-12(5-4-11(13)2)21(17,18)15-6-8-19-9-7-15/h4-5,10H,3,6-9H2,1-2H3. The number of hydrogen-bond donors (Lipinski definition) is 0. The van der Waals surface area contributed by atoms with Crippen LogP contribution in [0.4, 0.5) is 0 Å². The first-order chi connectivity index (χ1) is 9.96. The van der Waals surface area contributed by atoms with Crippen molar-refractivity contribution in [3.63, 3.8) is 0 Å². The monoisotopic (exact) mass is 313 g/mol. The summed E-state index contributed by atoms with van der Waals surface area (Å²) >= 11 is 0. The Morgan fingerprint density at radius 1 is 1.33 bits per heavy atom. The first-order valence-electron chi connectivity index (χ1n) is 6.82. The highest BCUT2D eigenvalue weighted by Gasteiger charge is 2.27. The number of rotatable bonds is 4. The fraction of sp³-hybridized carbons (Fsp3) is 0.500. The summed E-state index contributed by atoms with van der Waals surface area (Å²) in [6.07, 6.45) is 0. The molecule has 0 aromatic heterocycles. The molecule has 1 aliphatic rings. The van der Waals surface area contributed by atoms with Crippen LogP contribution in [-0.4, -0.2) is 51.6 Å². The number of hydrogen-bond acceptors (Lipinski definition) is 5. The van der Waals surface area contributed by atoms with Crippen molar-refractivity contribution in [1.29, 1.82) is 0 Å². The average molecular weight is 313 g/mol. The minimum Gasteiger partial charge on any atom is -0.462 e. The van der Waals surface area contributed by atoms with E-state index in [9.17, 15) is 13.2 Å². The number of benzene rings is 1. The number of nitrogens with zero attached hydrogens (tertiary/aromatic N) is 1. The van der Waals surface area contributed by atoms with Gasteiger partial charge in [-0.15, -0.1) is 0 Å². The molecule has 0 amide bonds. The third-order valence-electron chi connectivity index (χ3n) is 3.31. The number of esters is 1. The van der Waals surface area contributed by atoms with Gasteiger partial charge in [-0.05, 0) is 31.5 Å². The largest absolute Gasteiger partial charge is 0.462 e. The van der Waals surface area contributed by atoms with E-state index in [0.29, 0.717) is 31.9 Å². The molecule has 1 saturated heterocycles. The lowest BCUT2D eigenvalue weighted by Gasteiger charge is -2.26. The normalized spacial score (nSPS) is 16.7. The highest BCUT2D eigenvalue weighted by Crippen LogP contribution is 2.21. The fourth-order valence-electron chi connectivity index (χ4n) is 2.13. The molecule has 21 heavy (non-hydrogen) atoms. The molecular weight excluding hydrogens is 294 g/mol. The molecule has 0 N–H and O–H groups in total. The summed E-state index contributed by atoms with van der Waals surface area (Å²) in [7, 11) is -3.60. The quantitative estimate of drug-likeness (QED) is 0.781. The number of ether oxygens (including phenoxy) is 2. The van der Waals surface area contributed by atoms with Crippen LogP contribution in [0.5, 0.6) is 0 Å². The second-order valence-corrected chi connectivity index (χ2v) is 6.65. The van der Waals surface area contributed by atoms with Crippen molar-refractivity contribution in [3.8, 4) is 0 Å². The Bertz CT molecular complexity index is 620. The Balaban J connectivity index is 2.35. The van der Waals surface area contributed by atoms with E-state index in [0.717, 1.165) is 0 Å². The molecule has 1 heterocycles. The lowest BCUT2D eigenvalue weighted by Crippen LogP contribution is -2.40. The van der Waals surface area contributed by atoms with Crippen molar-refractivity contribution >= 4 is 16.0 Å². The molecule has 1 aliphatic heterocycles. The van der Waals surface area contributed by atoms with Crippen molar-refractivity contribution in [3.05, 3.63) is 29.3 Å². The third kappa shape index (κ3) is 3.42. The van der Waals surface area contributed by atoms with Gasteiger partial charge in [0.1, 0.15) is 0 Å². The lowest BCUT2D eigenvalue weighted by molar-refractivity contribution is 0.0525. The molecule has 0 radical (unpaired) electrons. The summed E-state index contributed by atoms with van der Waals surface area (Å²) in [5.74, 6) is -0.506. The maximum absolute atomic E-state index is 12.5. The summed E-state index contributed by atoms with van der Waals surface area (Å²) in [6.45, 7) is 5.12. The zero-order chi connectivity index (χ0) is 15.5. The van der Waals surface area contributed by atoms with Gasteiger partial charge >= 0.3 is 5.97 Å². The van der Waals surface area contributed by atoms with Crippen molar-refractivity contribution in [2.24, 2.45) is 0 Å². The second-order valence-electron chi connectivity index (χ2n) is 4.71. The van der Waals surface area contributed by atoms with Crippen molar-refractivity contribution in [2.75, 3.05) is 32.9 Å². The van der Waals surface area contributed by atoms with Gasteiger partial charge in [0.25, 0.3) is 0 Å². The maximum Gasteiger partial charge on any atom is 0.338 e. The number of morpholine rings is 1. The first kappa shape index (κ1) is 15.9. The van der Waals surface area contributed by atoms with Crippen LogP contribution in [0, 0.1) is 6.92 Å². The average Bonchev–Trinajstić information content (AvgIpc) is 2.48. The number of carbonyl (C=O) groups excluding carboxylic acids is 1. The van der Waals surface area contributed by atoms with Gasteiger partial charge in [0.05, 0.1) is 30.3 Å². The number of sulfonamides is 1. The van der Waals surface area contributed by atoms with Gasteiger partial charge in [-0.1, -0.05) is 6.07 Å². The first-order valence-corrected chi connectivity index (χ1v) is 8.26. The van der Waals surface area contributed by atoms with Crippen LogP contribution in [0.2, 0.25) is 0 Å². The van der Waals surface area contributed by atoms with Gasteiger partial charge < -0.3 is 9.47 Å². The van der Waals surface area contributed by atoms with Crippen LogP contribution in [0.15, 0.2) is 23.1 Å². The predicted octanol–water partition coefficient (Wildman–Crippen LogP) is 1.19. The summed E-state index contributed by atoms with van der Waals surface area (Å²) in [5.41, 5.74) is 0.973.